The first kappa shape index (κ1) is 10.4. The van der Waals surface area contributed by atoms with Gasteiger partial charge in [0.15, 0.2) is 0 Å². The monoisotopic (exact) mass is 220 g/mol. The first-order chi connectivity index (χ1) is 4.56. The van der Waals surface area contributed by atoms with Gasteiger partial charge < -0.3 is 0 Å². The Morgan fingerprint density at radius 2 is 1.80 bits per heavy atom. The summed E-state index contributed by atoms with van der Waals surface area (Å²) in [5.74, 6) is 0. The predicted octanol–water partition coefficient (Wildman–Crippen LogP) is 3.67. The number of alkyl halides is 1. The van der Waals surface area contributed by atoms with Gasteiger partial charge in [0.05, 0.1) is 0 Å². The van der Waals surface area contributed by atoms with E-state index >= 15 is 0 Å². The molecule has 10 heavy (non-hydrogen) atoms. The molecule has 0 N–H and O–H groups in total. The zero-order chi connectivity index (χ0) is 8.04. The molecule has 0 saturated heterocycles. The first-order valence-electron chi connectivity index (χ1n) is 3.77. The molecule has 0 aliphatic rings. The minimum Gasteiger partial charge on any atom is -0.0883 e. The Morgan fingerprint density at radius 3 is 2.20 bits per heavy atom. The molecule has 0 aromatic rings. The van der Waals surface area contributed by atoms with Crippen molar-refractivity contribution in [1.82, 2.24) is 0 Å². The Bertz CT molecular complexity index is 102. The van der Waals surface area contributed by atoms with Gasteiger partial charge in [-0.15, -0.1) is 0 Å². The van der Waals surface area contributed by atoms with Crippen LogP contribution in [0.3, 0.4) is 0 Å². The second kappa shape index (κ2) is 5.14. The zero-order valence-corrected chi connectivity index (χ0v) is 9.74. The van der Waals surface area contributed by atoms with Crippen molar-refractivity contribution in [1.29, 1.82) is 0 Å². The van der Waals surface area contributed by atoms with Gasteiger partial charge in [-0.3, -0.25) is 0 Å². The molecule has 0 amide bonds. The number of hydrogen-bond donors (Lipinski definition) is 0. The number of halogens is 1. The molecule has 0 aliphatic heterocycles. The van der Waals surface area contributed by atoms with Crippen molar-refractivity contribution in [3.8, 4) is 0 Å². The number of rotatable bonds is 4. The van der Waals surface area contributed by atoms with Crippen LogP contribution in [0.5, 0.6) is 0 Å². The summed E-state index contributed by atoms with van der Waals surface area (Å²) in [5.41, 5.74) is 0. The second-order valence-corrected chi connectivity index (χ2v) is 9.99. The maximum Gasteiger partial charge on any atom is 0.0445 e. The minimum absolute atomic E-state index is 0.774. The fourth-order valence-corrected chi connectivity index (χ4v) is 1.99. The fourth-order valence-electron chi connectivity index (χ4n) is 0.697. The second-order valence-electron chi connectivity index (χ2n) is 3.73. The summed E-state index contributed by atoms with van der Waals surface area (Å²) >= 11 is 3.35. The predicted molar refractivity (Wildman–Crippen MR) is 55.7 cm³/mol. The van der Waals surface area contributed by atoms with Gasteiger partial charge in [-0.1, -0.05) is 53.8 Å². The largest absolute Gasteiger partial charge is 0.0883 e. The molecule has 0 unspecified atom stereocenters. The summed E-state index contributed by atoms with van der Waals surface area (Å²) in [6.45, 7) is 7.24. The van der Waals surface area contributed by atoms with Crippen LogP contribution in [0.25, 0.3) is 0 Å². The molecular weight excluding hydrogens is 204 g/mol. The highest BCUT2D eigenvalue weighted by Crippen LogP contribution is 2.10. The van der Waals surface area contributed by atoms with E-state index in [1.54, 1.807) is 0 Å². The van der Waals surface area contributed by atoms with E-state index in [-0.39, 0.29) is 0 Å². The van der Waals surface area contributed by atoms with E-state index in [4.69, 9.17) is 0 Å². The average molecular weight is 221 g/mol. The molecule has 60 valence electrons. The van der Waals surface area contributed by atoms with Gasteiger partial charge in [0.25, 0.3) is 0 Å². The molecule has 0 aliphatic carbocycles. The molecular formula is C8H17BrSi. The van der Waals surface area contributed by atoms with Crippen molar-refractivity contribution in [3.63, 3.8) is 0 Å². The zero-order valence-electron chi connectivity index (χ0n) is 7.15. The Balaban J connectivity index is 3.28. The van der Waals surface area contributed by atoms with Crippen molar-refractivity contribution in [3.05, 3.63) is 12.2 Å². The van der Waals surface area contributed by atoms with Crippen LogP contribution in [-0.2, 0) is 0 Å². The molecule has 2 heteroatoms. The van der Waals surface area contributed by atoms with Crippen LogP contribution in [0.1, 0.15) is 6.42 Å². The quantitative estimate of drug-likeness (QED) is 0.386. The standard InChI is InChI=1S/C8H17BrSi/c1-10(2,3)8-6-4-5-7-9/h4-5H,6-8H2,1-3H3. The van der Waals surface area contributed by atoms with Crippen molar-refractivity contribution < 1.29 is 0 Å². The maximum absolute atomic E-state index is 3.35. The van der Waals surface area contributed by atoms with E-state index in [1.165, 1.54) is 12.5 Å². The van der Waals surface area contributed by atoms with Crippen molar-refractivity contribution in [2.75, 3.05) is 5.33 Å². The highest BCUT2D eigenvalue weighted by Gasteiger charge is 2.10. The van der Waals surface area contributed by atoms with Gasteiger partial charge in [0.1, 0.15) is 0 Å². The van der Waals surface area contributed by atoms with Gasteiger partial charge in [-0.05, 0) is 6.42 Å². The van der Waals surface area contributed by atoms with E-state index in [0.29, 0.717) is 0 Å². The van der Waals surface area contributed by atoms with E-state index < -0.39 is 8.07 Å². The van der Waals surface area contributed by atoms with Crippen molar-refractivity contribution in [2.24, 2.45) is 0 Å². The first-order valence-corrected chi connectivity index (χ1v) is 8.60. The number of allylic oxidation sites excluding steroid dienone is 2. The third-order valence-corrected chi connectivity index (χ3v) is 3.48. The molecule has 0 rings (SSSR count). The topological polar surface area (TPSA) is 0 Å². The van der Waals surface area contributed by atoms with Crippen LogP contribution in [0.2, 0.25) is 25.7 Å². The third kappa shape index (κ3) is 8.44. The lowest BCUT2D eigenvalue weighted by Gasteiger charge is -2.12. The van der Waals surface area contributed by atoms with Crippen LogP contribution in [-0.4, -0.2) is 13.4 Å². The van der Waals surface area contributed by atoms with E-state index in [1.807, 2.05) is 0 Å². The molecule has 0 atom stereocenters. The molecule has 0 aromatic heterocycles. The molecule has 0 aromatic carbocycles. The summed E-state index contributed by atoms with van der Waals surface area (Å²) in [6, 6.07) is 1.41. The summed E-state index contributed by atoms with van der Waals surface area (Å²) in [4.78, 5) is 0. The highest BCUT2D eigenvalue weighted by molar-refractivity contribution is 9.09. The molecule has 0 bridgehead atoms. The molecule has 0 saturated carbocycles. The fraction of sp³-hybridized carbons (Fsp3) is 0.750. The molecule has 0 spiro atoms. The van der Waals surface area contributed by atoms with Crippen molar-refractivity contribution >= 4 is 24.0 Å². The highest BCUT2D eigenvalue weighted by atomic mass is 79.9. The summed E-state index contributed by atoms with van der Waals surface area (Å²) < 4.78 is 0. The lowest BCUT2D eigenvalue weighted by molar-refractivity contribution is 1.16. The average Bonchev–Trinajstić information content (AvgIpc) is 1.78. The van der Waals surface area contributed by atoms with Crippen LogP contribution in [0.15, 0.2) is 12.2 Å². The lowest BCUT2D eigenvalue weighted by Crippen LogP contribution is -2.18. The third-order valence-electron chi connectivity index (χ3n) is 1.32. The lowest BCUT2D eigenvalue weighted by atomic mass is 10.4. The van der Waals surface area contributed by atoms with Gasteiger partial charge in [-0.25, -0.2) is 0 Å². The molecule has 0 nitrogen and oxygen atoms in total. The smallest absolute Gasteiger partial charge is 0.0445 e. The summed E-state index contributed by atoms with van der Waals surface area (Å²) in [7, 11) is -0.774. The molecule has 0 heterocycles. The van der Waals surface area contributed by atoms with Gasteiger partial charge >= 0.3 is 0 Å². The van der Waals surface area contributed by atoms with E-state index in [2.05, 4.69) is 47.7 Å². The van der Waals surface area contributed by atoms with Crippen LogP contribution < -0.4 is 0 Å². The molecule has 0 fully saturated rings. The van der Waals surface area contributed by atoms with Gasteiger partial charge in [-0.2, -0.15) is 0 Å². The normalized spacial score (nSPS) is 12.8. The maximum atomic E-state index is 3.35. The Kier molecular flexibility index (Phi) is 5.36. The van der Waals surface area contributed by atoms with Gasteiger partial charge in [0, 0.05) is 13.4 Å². The summed E-state index contributed by atoms with van der Waals surface area (Å²) in [6.07, 6.45) is 5.72. The van der Waals surface area contributed by atoms with Gasteiger partial charge in [0.2, 0.25) is 0 Å². The van der Waals surface area contributed by atoms with Crippen molar-refractivity contribution in [2.45, 2.75) is 32.1 Å². The van der Waals surface area contributed by atoms with Crippen LogP contribution >= 0.6 is 15.9 Å². The Morgan fingerprint density at radius 1 is 1.20 bits per heavy atom. The summed E-state index contributed by atoms with van der Waals surface area (Å²) in [5, 5.41) is 0.999. The molecule has 0 radical (unpaired) electrons. The van der Waals surface area contributed by atoms with Crippen LogP contribution in [0, 0.1) is 0 Å². The van der Waals surface area contributed by atoms with Crippen LogP contribution in [0.4, 0.5) is 0 Å². The SMILES string of the molecule is C[Si](C)(C)CCC=CCBr. The van der Waals surface area contributed by atoms with E-state index in [9.17, 15) is 0 Å². The number of hydrogen-bond acceptors (Lipinski definition) is 0. The Labute approximate surface area is 73.9 Å². The van der Waals surface area contributed by atoms with E-state index in [0.717, 1.165) is 5.33 Å². The Hall–Kier alpha value is 0.437. The minimum atomic E-state index is -0.774.